The van der Waals surface area contributed by atoms with Crippen molar-refractivity contribution < 1.29 is 13.9 Å². The van der Waals surface area contributed by atoms with Crippen LogP contribution in [0, 0.1) is 11.7 Å². The van der Waals surface area contributed by atoms with Crippen LogP contribution in [0.1, 0.15) is 35.3 Å². The summed E-state index contributed by atoms with van der Waals surface area (Å²) < 4.78 is 19.2. The topological polar surface area (TPSA) is 45.3 Å². The van der Waals surface area contributed by atoms with Crippen molar-refractivity contribution in [2.45, 2.75) is 25.9 Å². The molecule has 28 heavy (non-hydrogen) atoms. The van der Waals surface area contributed by atoms with Crippen molar-refractivity contribution in [2.75, 3.05) is 19.7 Å². The summed E-state index contributed by atoms with van der Waals surface area (Å²) in [6.07, 6.45) is 2.91. The van der Waals surface area contributed by atoms with Crippen molar-refractivity contribution in [1.82, 2.24) is 9.88 Å². The van der Waals surface area contributed by atoms with Crippen molar-refractivity contribution in [3.63, 3.8) is 0 Å². The second-order valence-corrected chi connectivity index (χ2v) is 7.44. The zero-order chi connectivity index (χ0) is 19.3. The molecule has 4 rings (SSSR count). The first-order valence-corrected chi connectivity index (χ1v) is 9.89. The molecule has 146 valence electrons. The molecular formula is C23H25FN2O2. The number of halogens is 1. The highest BCUT2D eigenvalue weighted by molar-refractivity contribution is 5.98. The lowest BCUT2D eigenvalue weighted by Crippen LogP contribution is -2.38. The van der Waals surface area contributed by atoms with Gasteiger partial charge in [-0.3, -0.25) is 4.79 Å². The van der Waals surface area contributed by atoms with Crippen LogP contribution < -0.4 is 0 Å². The van der Waals surface area contributed by atoms with E-state index in [2.05, 4.69) is 4.98 Å². The second-order valence-electron chi connectivity index (χ2n) is 7.44. The monoisotopic (exact) mass is 380 g/mol. The van der Waals surface area contributed by atoms with E-state index in [1.54, 1.807) is 12.1 Å². The highest BCUT2D eigenvalue weighted by atomic mass is 19.1. The van der Waals surface area contributed by atoms with E-state index in [0.29, 0.717) is 30.4 Å². The number of benzene rings is 2. The maximum absolute atomic E-state index is 13.6. The minimum Gasteiger partial charge on any atom is -0.377 e. The van der Waals surface area contributed by atoms with Crippen LogP contribution in [0.3, 0.4) is 0 Å². The van der Waals surface area contributed by atoms with Gasteiger partial charge in [0.2, 0.25) is 0 Å². The Labute approximate surface area is 164 Å². The third-order valence-corrected chi connectivity index (χ3v) is 5.55. The Morgan fingerprint density at radius 3 is 2.64 bits per heavy atom. The Hall–Kier alpha value is -2.66. The number of hydrogen-bond acceptors (Lipinski definition) is 2. The van der Waals surface area contributed by atoms with E-state index in [-0.39, 0.29) is 11.7 Å². The molecule has 4 nitrogen and oxygen atoms in total. The van der Waals surface area contributed by atoms with Gasteiger partial charge in [-0.15, -0.1) is 0 Å². The molecule has 2 heterocycles. The molecule has 0 saturated carbocycles. The molecule has 1 amide bonds. The fourth-order valence-corrected chi connectivity index (χ4v) is 3.83. The summed E-state index contributed by atoms with van der Waals surface area (Å²) in [5.41, 5.74) is 2.25. The van der Waals surface area contributed by atoms with Crippen molar-refractivity contribution in [2.24, 2.45) is 5.92 Å². The third-order valence-electron chi connectivity index (χ3n) is 5.55. The Morgan fingerprint density at radius 2 is 1.86 bits per heavy atom. The first-order chi connectivity index (χ1) is 13.7. The molecule has 0 aliphatic carbocycles. The van der Waals surface area contributed by atoms with E-state index >= 15 is 0 Å². The molecule has 0 atom stereocenters. The molecule has 0 radical (unpaired) electrons. The van der Waals surface area contributed by atoms with Crippen molar-refractivity contribution >= 4 is 16.8 Å². The predicted octanol–water partition coefficient (Wildman–Crippen LogP) is 4.77. The number of hydrogen-bond donors (Lipinski definition) is 1. The summed E-state index contributed by atoms with van der Waals surface area (Å²) in [7, 11) is 0. The molecule has 1 fully saturated rings. The summed E-state index contributed by atoms with van der Waals surface area (Å²) in [6.45, 7) is 2.47. The second kappa shape index (κ2) is 8.57. The number of likely N-dealkylation sites (tertiary alicyclic amines) is 1. The van der Waals surface area contributed by atoms with Crippen LogP contribution in [0.25, 0.3) is 10.9 Å². The molecular weight excluding hydrogens is 355 g/mol. The number of para-hydroxylation sites is 1. The number of aromatic amines is 1. The predicted molar refractivity (Wildman–Crippen MR) is 108 cm³/mol. The molecule has 2 aromatic carbocycles. The Kier molecular flexibility index (Phi) is 5.72. The largest absolute Gasteiger partial charge is 0.377 e. The van der Waals surface area contributed by atoms with Crippen LogP contribution in [0.4, 0.5) is 4.39 Å². The number of aromatic nitrogens is 1. The third kappa shape index (κ3) is 4.25. The maximum atomic E-state index is 13.6. The van der Waals surface area contributed by atoms with E-state index in [1.165, 1.54) is 6.07 Å². The fraction of sp³-hybridized carbons (Fsp3) is 0.348. The number of ether oxygens (including phenoxy) is 1. The highest BCUT2D eigenvalue weighted by Gasteiger charge is 2.24. The first kappa shape index (κ1) is 18.7. The van der Waals surface area contributed by atoms with E-state index in [9.17, 15) is 9.18 Å². The molecule has 1 aromatic heterocycles. The lowest BCUT2D eigenvalue weighted by Gasteiger charge is -2.31. The Morgan fingerprint density at radius 1 is 1.11 bits per heavy atom. The quantitative estimate of drug-likeness (QED) is 0.626. The standard InChI is InChI=1S/C23H25FN2O2/c24-20-7-3-1-6-19(20)16-28-14-11-17-9-12-26(13-10-17)23(27)22-15-18-5-2-4-8-21(18)25-22/h1-8,15,17,25H,9-14,16H2. The number of fused-ring (bicyclic) bond motifs is 1. The number of piperidine rings is 1. The Bertz CT molecular complexity index is 911. The molecule has 1 saturated heterocycles. The summed E-state index contributed by atoms with van der Waals surface area (Å²) >= 11 is 0. The van der Waals surface area contributed by atoms with Gasteiger partial charge in [0.15, 0.2) is 0 Å². The van der Waals surface area contributed by atoms with Gasteiger partial charge in [-0.1, -0.05) is 36.4 Å². The van der Waals surface area contributed by atoms with Crippen molar-refractivity contribution in [3.8, 4) is 0 Å². The minimum absolute atomic E-state index is 0.0745. The van der Waals surface area contributed by atoms with E-state index < -0.39 is 0 Å². The average molecular weight is 380 g/mol. The molecule has 5 heteroatoms. The molecule has 1 N–H and O–H groups in total. The number of nitrogens with zero attached hydrogens (tertiary/aromatic N) is 1. The van der Waals surface area contributed by atoms with Crippen LogP contribution in [0.2, 0.25) is 0 Å². The van der Waals surface area contributed by atoms with Gasteiger partial charge < -0.3 is 14.6 Å². The van der Waals surface area contributed by atoms with Gasteiger partial charge in [0.05, 0.1) is 6.61 Å². The van der Waals surface area contributed by atoms with Crippen LogP contribution >= 0.6 is 0 Å². The van der Waals surface area contributed by atoms with Gasteiger partial charge in [0.1, 0.15) is 11.5 Å². The minimum atomic E-state index is -0.216. The van der Waals surface area contributed by atoms with Crippen LogP contribution in [0.15, 0.2) is 54.6 Å². The van der Waals surface area contributed by atoms with E-state index in [0.717, 1.165) is 43.3 Å². The average Bonchev–Trinajstić information content (AvgIpc) is 3.17. The summed E-state index contributed by atoms with van der Waals surface area (Å²) in [5.74, 6) is 0.407. The van der Waals surface area contributed by atoms with Gasteiger partial charge in [-0.2, -0.15) is 0 Å². The summed E-state index contributed by atoms with van der Waals surface area (Å²) in [5, 5.41) is 1.06. The maximum Gasteiger partial charge on any atom is 0.270 e. The van der Waals surface area contributed by atoms with E-state index in [4.69, 9.17) is 4.74 Å². The van der Waals surface area contributed by atoms with Gasteiger partial charge in [0.25, 0.3) is 5.91 Å². The normalized spacial score (nSPS) is 15.2. The van der Waals surface area contributed by atoms with Gasteiger partial charge in [0, 0.05) is 36.2 Å². The molecule has 1 aliphatic rings. The zero-order valence-corrected chi connectivity index (χ0v) is 15.9. The number of rotatable bonds is 6. The van der Waals surface area contributed by atoms with Gasteiger partial charge in [-0.25, -0.2) is 4.39 Å². The molecule has 0 spiro atoms. The van der Waals surface area contributed by atoms with E-state index in [1.807, 2.05) is 41.3 Å². The smallest absolute Gasteiger partial charge is 0.270 e. The SMILES string of the molecule is O=C(c1cc2ccccc2[nH]1)N1CCC(CCOCc2ccccc2F)CC1. The Balaban J connectivity index is 1.22. The number of amides is 1. The van der Waals surface area contributed by atoms with Gasteiger partial charge in [-0.05, 0) is 43.4 Å². The van der Waals surface area contributed by atoms with Crippen molar-refractivity contribution in [3.05, 3.63) is 71.7 Å². The molecule has 3 aromatic rings. The number of H-pyrrole nitrogens is 1. The first-order valence-electron chi connectivity index (χ1n) is 9.89. The summed E-state index contributed by atoms with van der Waals surface area (Å²) in [4.78, 5) is 17.9. The summed E-state index contributed by atoms with van der Waals surface area (Å²) in [6, 6.07) is 16.6. The zero-order valence-electron chi connectivity index (χ0n) is 15.9. The fourth-order valence-electron chi connectivity index (χ4n) is 3.83. The lowest BCUT2D eigenvalue weighted by atomic mass is 9.94. The number of carbonyl (C=O) groups is 1. The number of nitrogens with one attached hydrogen (secondary N) is 1. The molecule has 0 unspecified atom stereocenters. The van der Waals surface area contributed by atoms with Crippen molar-refractivity contribution in [1.29, 1.82) is 0 Å². The lowest BCUT2D eigenvalue weighted by molar-refractivity contribution is 0.0632. The van der Waals surface area contributed by atoms with Gasteiger partial charge >= 0.3 is 0 Å². The number of carbonyl (C=O) groups excluding carboxylic acids is 1. The van der Waals surface area contributed by atoms with Crippen LogP contribution in [-0.4, -0.2) is 35.5 Å². The molecule has 1 aliphatic heterocycles. The highest BCUT2D eigenvalue weighted by Crippen LogP contribution is 2.23. The molecule has 0 bridgehead atoms. The van der Waals surface area contributed by atoms with Crippen LogP contribution in [-0.2, 0) is 11.3 Å². The van der Waals surface area contributed by atoms with Crippen LogP contribution in [0.5, 0.6) is 0 Å².